The summed E-state index contributed by atoms with van der Waals surface area (Å²) in [5, 5.41) is 0. The number of rotatable bonds is 10. The molecule has 1 amide bonds. The third-order valence-electron chi connectivity index (χ3n) is 7.09. The molecule has 1 fully saturated rings. The van der Waals surface area contributed by atoms with E-state index in [4.69, 9.17) is 0 Å². The van der Waals surface area contributed by atoms with E-state index in [1.54, 1.807) is 24.3 Å². The van der Waals surface area contributed by atoms with Crippen LogP contribution in [0.1, 0.15) is 42.4 Å². The lowest BCUT2D eigenvalue weighted by molar-refractivity contribution is -0.121. The van der Waals surface area contributed by atoms with Crippen LogP contribution in [-0.4, -0.2) is 36.6 Å². The van der Waals surface area contributed by atoms with E-state index in [-0.39, 0.29) is 25.0 Å². The number of benzene rings is 3. The molecule has 1 saturated carbocycles. The molecule has 196 valence electrons. The fourth-order valence-corrected chi connectivity index (χ4v) is 6.61. The van der Waals surface area contributed by atoms with Crippen LogP contribution in [0.2, 0.25) is 0 Å². The van der Waals surface area contributed by atoms with Crippen molar-refractivity contribution in [3.63, 3.8) is 0 Å². The van der Waals surface area contributed by atoms with Gasteiger partial charge in [0.2, 0.25) is 16.4 Å². The van der Waals surface area contributed by atoms with Gasteiger partial charge in [-0.05, 0) is 61.8 Å². The van der Waals surface area contributed by atoms with Gasteiger partial charge in [0.1, 0.15) is 11.6 Å². The van der Waals surface area contributed by atoms with Gasteiger partial charge in [0.25, 0.3) is 0 Å². The van der Waals surface area contributed by atoms with Crippen LogP contribution < -0.4 is 0 Å². The van der Waals surface area contributed by atoms with Crippen molar-refractivity contribution in [2.45, 2.75) is 56.6 Å². The molecule has 0 unspecified atom stereocenters. The second-order valence-electron chi connectivity index (χ2n) is 9.77. The third kappa shape index (κ3) is 6.62. The highest BCUT2D eigenvalue weighted by molar-refractivity contribution is 7.89. The van der Waals surface area contributed by atoms with E-state index in [2.05, 4.69) is 0 Å². The number of hydrogen-bond donors (Lipinski definition) is 0. The van der Waals surface area contributed by atoms with Crippen molar-refractivity contribution in [1.82, 2.24) is 9.21 Å². The van der Waals surface area contributed by atoms with E-state index in [0.717, 1.165) is 54.1 Å². The second kappa shape index (κ2) is 12.0. The Balaban J connectivity index is 1.48. The average molecular weight is 527 g/mol. The highest BCUT2D eigenvalue weighted by Gasteiger charge is 2.34. The van der Waals surface area contributed by atoms with Crippen LogP contribution >= 0.6 is 0 Å². The van der Waals surface area contributed by atoms with Crippen LogP contribution in [0.15, 0.2) is 77.7 Å². The minimum atomic E-state index is -4.42. The normalized spacial score (nSPS) is 18.1. The lowest BCUT2D eigenvalue weighted by Crippen LogP contribution is -2.40. The molecule has 0 radical (unpaired) electrons. The standard InChI is InChI=1S/C29H32F2N2O3S/c1-22-10-12-24(13-11-22)18-32(21-34)26-16-14-25(15-17-26)20-33(19-23-6-3-2-4-7-23)37(35,36)29-27(30)8-5-9-28(29)31/h2-13,21,25-26H,14-20H2,1H3. The number of hydrogen-bond acceptors (Lipinski definition) is 3. The van der Waals surface area contributed by atoms with Crippen LogP contribution in [-0.2, 0) is 27.9 Å². The van der Waals surface area contributed by atoms with Gasteiger partial charge >= 0.3 is 0 Å². The number of aryl methyl sites for hydroxylation is 1. The minimum Gasteiger partial charge on any atom is -0.338 e. The van der Waals surface area contributed by atoms with Crippen molar-refractivity contribution in [2.75, 3.05) is 6.54 Å². The smallest absolute Gasteiger partial charge is 0.249 e. The highest BCUT2D eigenvalue weighted by atomic mass is 32.2. The van der Waals surface area contributed by atoms with Crippen molar-refractivity contribution in [1.29, 1.82) is 0 Å². The zero-order valence-corrected chi connectivity index (χ0v) is 21.7. The number of nitrogens with zero attached hydrogens (tertiary/aromatic N) is 2. The Morgan fingerprint density at radius 1 is 0.811 bits per heavy atom. The molecular formula is C29H32F2N2O3S. The molecule has 4 rings (SSSR count). The number of carbonyl (C=O) groups is 1. The SMILES string of the molecule is Cc1ccc(CN(C=O)C2CCC(CN(Cc3ccccc3)S(=O)(=O)c3c(F)cccc3F)CC2)cc1. The van der Waals surface area contributed by atoms with Gasteiger partial charge < -0.3 is 4.90 Å². The Bertz CT molecular complexity index is 1270. The average Bonchev–Trinajstić information content (AvgIpc) is 2.89. The Hall–Kier alpha value is -3.10. The second-order valence-corrected chi connectivity index (χ2v) is 11.6. The zero-order chi connectivity index (χ0) is 26.4. The van der Waals surface area contributed by atoms with E-state index < -0.39 is 26.6 Å². The van der Waals surface area contributed by atoms with Crippen molar-refractivity contribution < 1.29 is 22.0 Å². The fourth-order valence-electron chi connectivity index (χ4n) is 5.00. The Labute approximate surface area is 217 Å². The summed E-state index contributed by atoms with van der Waals surface area (Å²) in [6, 6.07) is 20.3. The summed E-state index contributed by atoms with van der Waals surface area (Å²) in [6.07, 6.45) is 3.79. The summed E-state index contributed by atoms with van der Waals surface area (Å²) in [7, 11) is -4.42. The first-order valence-corrected chi connectivity index (χ1v) is 14.0. The summed E-state index contributed by atoms with van der Waals surface area (Å²) in [5.41, 5.74) is 2.96. The van der Waals surface area contributed by atoms with Gasteiger partial charge in [0, 0.05) is 25.7 Å². The van der Waals surface area contributed by atoms with Crippen LogP contribution in [0.25, 0.3) is 0 Å². The molecule has 0 saturated heterocycles. The molecule has 8 heteroatoms. The van der Waals surface area contributed by atoms with Crippen molar-refractivity contribution >= 4 is 16.4 Å². The van der Waals surface area contributed by atoms with Crippen LogP contribution in [0.5, 0.6) is 0 Å². The van der Waals surface area contributed by atoms with Gasteiger partial charge in [0.15, 0.2) is 4.90 Å². The Morgan fingerprint density at radius 3 is 2.00 bits per heavy atom. The van der Waals surface area contributed by atoms with E-state index in [9.17, 15) is 22.0 Å². The monoisotopic (exact) mass is 526 g/mol. The topological polar surface area (TPSA) is 57.7 Å². The molecule has 3 aromatic rings. The molecule has 0 aromatic heterocycles. The minimum absolute atomic E-state index is 0.0115. The van der Waals surface area contributed by atoms with Gasteiger partial charge in [-0.1, -0.05) is 66.2 Å². The van der Waals surface area contributed by atoms with Crippen LogP contribution in [0, 0.1) is 24.5 Å². The largest absolute Gasteiger partial charge is 0.338 e. The number of halogens is 2. The molecule has 0 N–H and O–H groups in total. The van der Waals surface area contributed by atoms with E-state index >= 15 is 0 Å². The van der Waals surface area contributed by atoms with Gasteiger partial charge in [-0.25, -0.2) is 17.2 Å². The first kappa shape index (κ1) is 26.9. The Morgan fingerprint density at radius 2 is 1.41 bits per heavy atom. The quantitative estimate of drug-likeness (QED) is 0.319. The van der Waals surface area contributed by atoms with Crippen molar-refractivity contribution in [3.8, 4) is 0 Å². The molecule has 0 aliphatic heterocycles. The first-order valence-electron chi connectivity index (χ1n) is 12.5. The maximum atomic E-state index is 14.5. The molecule has 0 atom stereocenters. The van der Waals surface area contributed by atoms with Gasteiger partial charge in [-0.2, -0.15) is 4.31 Å². The van der Waals surface area contributed by atoms with Crippen LogP contribution in [0.3, 0.4) is 0 Å². The lowest BCUT2D eigenvalue weighted by Gasteiger charge is -2.36. The summed E-state index contributed by atoms with van der Waals surface area (Å²) in [5.74, 6) is -2.18. The van der Waals surface area contributed by atoms with Crippen molar-refractivity contribution in [2.24, 2.45) is 5.92 Å². The predicted molar refractivity (Wildman–Crippen MR) is 139 cm³/mol. The van der Waals surface area contributed by atoms with E-state index in [1.165, 1.54) is 4.31 Å². The molecule has 0 spiro atoms. The molecule has 1 aliphatic carbocycles. The van der Waals surface area contributed by atoms with Gasteiger partial charge in [-0.3, -0.25) is 4.79 Å². The van der Waals surface area contributed by atoms with Gasteiger partial charge in [0.05, 0.1) is 0 Å². The lowest BCUT2D eigenvalue weighted by atomic mass is 9.85. The van der Waals surface area contributed by atoms with E-state index in [0.29, 0.717) is 19.4 Å². The molecule has 1 aliphatic rings. The number of carbonyl (C=O) groups excluding carboxylic acids is 1. The summed E-state index contributed by atoms with van der Waals surface area (Å²) >= 11 is 0. The predicted octanol–water partition coefficient (Wildman–Crippen LogP) is 5.68. The highest BCUT2D eigenvalue weighted by Crippen LogP contribution is 2.32. The van der Waals surface area contributed by atoms with E-state index in [1.807, 2.05) is 42.2 Å². The number of amides is 1. The first-order chi connectivity index (χ1) is 17.8. The fraction of sp³-hybridized carbons (Fsp3) is 0.345. The summed E-state index contributed by atoms with van der Waals surface area (Å²) in [4.78, 5) is 12.8. The third-order valence-corrected chi connectivity index (χ3v) is 8.95. The zero-order valence-electron chi connectivity index (χ0n) is 20.9. The molecular weight excluding hydrogens is 494 g/mol. The number of sulfonamides is 1. The molecule has 3 aromatic carbocycles. The maximum Gasteiger partial charge on any atom is 0.249 e. The van der Waals surface area contributed by atoms with Crippen molar-refractivity contribution in [3.05, 3.63) is 101 Å². The summed E-state index contributed by atoms with van der Waals surface area (Å²) < 4.78 is 57.2. The molecule has 0 bridgehead atoms. The molecule has 5 nitrogen and oxygen atoms in total. The Kier molecular flexibility index (Phi) is 8.71. The van der Waals surface area contributed by atoms with Crippen LogP contribution in [0.4, 0.5) is 8.78 Å². The summed E-state index contributed by atoms with van der Waals surface area (Å²) in [6.45, 7) is 2.71. The molecule has 37 heavy (non-hydrogen) atoms. The maximum absolute atomic E-state index is 14.5. The van der Waals surface area contributed by atoms with Gasteiger partial charge in [-0.15, -0.1) is 0 Å². The molecule has 0 heterocycles.